The van der Waals surface area contributed by atoms with Crippen LogP contribution in [0.25, 0.3) is 0 Å². The lowest BCUT2D eigenvalue weighted by Crippen LogP contribution is -2.38. The van der Waals surface area contributed by atoms with Gasteiger partial charge in [0.2, 0.25) is 5.91 Å². The van der Waals surface area contributed by atoms with Gasteiger partial charge in [0.1, 0.15) is 5.82 Å². The van der Waals surface area contributed by atoms with Crippen LogP contribution in [-0.4, -0.2) is 36.6 Å². The SMILES string of the molecule is O=C(CNC(=O)c1c(F)cccc1Cl)NCCO. The predicted octanol–water partition coefficient (Wildman–Crippen LogP) is 0.317. The van der Waals surface area contributed by atoms with E-state index in [1.807, 2.05) is 0 Å². The second-order valence-corrected chi connectivity index (χ2v) is 3.76. The van der Waals surface area contributed by atoms with Gasteiger partial charge in [0.25, 0.3) is 5.91 Å². The number of carbonyl (C=O) groups is 2. The van der Waals surface area contributed by atoms with Crippen molar-refractivity contribution in [3.8, 4) is 0 Å². The number of halogens is 2. The summed E-state index contributed by atoms with van der Waals surface area (Å²) < 4.78 is 13.3. The quantitative estimate of drug-likeness (QED) is 0.723. The van der Waals surface area contributed by atoms with Crippen LogP contribution in [0.5, 0.6) is 0 Å². The van der Waals surface area contributed by atoms with Crippen LogP contribution in [0.3, 0.4) is 0 Å². The summed E-state index contributed by atoms with van der Waals surface area (Å²) in [4.78, 5) is 22.7. The lowest BCUT2D eigenvalue weighted by molar-refractivity contribution is -0.120. The molecule has 0 unspecified atom stereocenters. The van der Waals surface area contributed by atoms with Gasteiger partial charge < -0.3 is 15.7 Å². The summed E-state index contributed by atoms with van der Waals surface area (Å²) in [6, 6.07) is 3.86. The Hall–Kier alpha value is -1.66. The average molecular weight is 275 g/mol. The second kappa shape index (κ2) is 6.93. The number of aliphatic hydroxyl groups is 1. The van der Waals surface area contributed by atoms with Crippen molar-refractivity contribution in [2.75, 3.05) is 19.7 Å². The van der Waals surface area contributed by atoms with Crippen LogP contribution in [0, 0.1) is 5.82 Å². The molecule has 0 saturated carbocycles. The maximum absolute atomic E-state index is 13.3. The monoisotopic (exact) mass is 274 g/mol. The Bertz CT molecular complexity index is 434. The Morgan fingerprint density at radius 1 is 1.33 bits per heavy atom. The van der Waals surface area contributed by atoms with E-state index in [4.69, 9.17) is 16.7 Å². The van der Waals surface area contributed by atoms with Gasteiger partial charge in [-0.1, -0.05) is 17.7 Å². The zero-order chi connectivity index (χ0) is 13.5. The second-order valence-electron chi connectivity index (χ2n) is 3.35. The zero-order valence-electron chi connectivity index (χ0n) is 9.37. The maximum Gasteiger partial charge on any atom is 0.256 e. The molecule has 0 aliphatic carbocycles. The van der Waals surface area contributed by atoms with Crippen molar-refractivity contribution in [1.29, 1.82) is 0 Å². The topological polar surface area (TPSA) is 78.4 Å². The highest BCUT2D eigenvalue weighted by Crippen LogP contribution is 2.18. The normalized spacial score (nSPS) is 9.94. The average Bonchev–Trinajstić information content (AvgIpc) is 2.33. The molecule has 7 heteroatoms. The fraction of sp³-hybridized carbons (Fsp3) is 0.273. The molecule has 0 aliphatic rings. The van der Waals surface area contributed by atoms with Gasteiger partial charge in [-0.25, -0.2) is 4.39 Å². The minimum Gasteiger partial charge on any atom is -0.395 e. The number of benzene rings is 1. The van der Waals surface area contributed by atoms with Gasteiger partial charge in [0, 0.05) is 6.54 Å². The van der Waals surface area contributed by atoms with Crippen molar-refractivity contribution >= 4 is 23.4 Å². The highest BCUT2D eigenvalue weighted by atomic mass is 35.5. The third kappa shape index (κ3) is 3.97. The first-order valence-corrected chi connectivity index (χ1v) is 5.54. The molecule has 0 aromatic heterocycles. The first-order chi connectivity index (χ1) is 8.56. The van der Waals surface area contributed by atoms with Gasteiger partial charge in [0.15, 0.2) is 0 Å². The number of amides is 2. The number of aliphatic hydroxyl groups excluding tert-OH is 1. The fourth-order valence-electron chi connectivity index (χ4n) is 1.22. The van der Waals surface area contributed by atoms with E-state index in [1.165, 1.54) is 12.1 Å². The molecule has 1 aromatic rings. The van der Waals surface area contributed by atoms with Crippen LogP contribution in [0.4, 0.5) is 4.39 Å². The molecule has 0 bridgehead atoms. The third-order valence-electron chi connectivity index (χ3n) is 2.03. The standard InChI is InChI=1S/C11H12ClFN2O3/c12-7-2-1-3-8(13)10(7)11(18)15-6-9(17)14-4-5-16/h1-3,16H,4-6H2,(H,14,17)(H,15,18). The lowest BCUT2D eigenvalue weighted by atomic mass is 10.2. The molecule has 1 aromatic carbocycles. The van der Waals surface area contributed by atoms with Gasteiger partial charge in [-0.3, -0.25) is 9.59 Å². The Morgan fingerprint density at radius 2 is 2.06 bits per heavy atom. The van der Waals surface area contributed by atoms with Crippen molar-refractivity contribution in [3.05, 3.63) is 34.6 Å². The summed E-state index contributed by atoms with van der Waals surface area (Å²) in [6.45, 7) is -0.419. The molecule has 0 fully saturated rings. The maximum atomic E-state index is 13.3. The van der Waals surface area contributed by atoms with E-state index < -0.39 is 17.6 Å². The summed E-state index contributed by atoms with van der Waals surface area (Å²) in [6.07, 6.45) is 0. The molecular formula is C11H12ClFN2O3. The minimum atomic E-state index is -0.766. The molecule has 0 aliphatic heterocycles. The molecule has 0 atom stereocenters. The van der Waals surface area contributed by atoms with E-state index in [0.29, 0.717) is 0 Å². The molecule has 3 N–H and O–H groups in total. The number of hydrogen-bond acceptors (Lipinski definition) is 3. The van der Waals surface area contributed by atoms with Gasteiger partial charge >= 0.3 is 0 Å². The van der Waals surface area contributed by atoms with Gasteiger partial charge in [0.05, 0.1) is 23.7 Å². The van der Waals surface area contributed by atoms with E-state index in [0.717, 1.165) is 6.07 Å². The molecular weight excluding hydrogens is 263 g/mol. The fourth-order valence-corrected chi connectivity index (χ4v) is 1.47. The smallest absolute Gasteiger partial charge is 0.256 e. The highest BCUT2D eigenvalue weighted by Gasteiger charge is 2.16. The molecule has 0 spiro atoms. The van der Waals surface area contributed by atoms with E-state index >= 15 is 0 Å². The van der Waals surface area contributed by atoms with E-state index in [9.17, 15) is 14.0 Å². The van der Waals surface area contributed by atoms with Crippen molar-refractivity contribution in [3.63, 3.8) is 0 Å². The molecule has 5 nitrogen and oxygen atoms in total. The number of hydrogen-bond donors (Lipinski definition) is 3. The van der Waals surface area contributed by atoms with Gasteiger partial charge in [-0.2, -0.15) is 0 Å². The number of carbonyl (C=O) groups excluding carboxylic acids is 2. The van der Waals surface area contributed by atoms with Crippen LogP contribution in [-0.2, 0) is 4.79 Å². The van der Waals surface area contributed by atoms with Crippen LogP contribution in [0.1, 0.15) is 10.4 Å². The number of rotatable bonds is 5. The Kier molecular flexibility index (Phi) is 5.54. The summed E-state index contributed by atoms with van der Waals surface area (Å²) in [5.74, 6) is -2.00. The van der Waals surface area contributed by atoms with Crippen LogP contribution >= 0.6 is 11.6 Å². The molecule has 0 saturated heterocycles. The van der Waals surface area contributed by atoms with Crippen LogP contribution < -0.4 is 10.6 Å². The Morgan fingerprint density at radius 3 is 2.67 bits per heavy atom. The zero-order valence-corrected chi connectivity index (χ0v) is 10.1. The van der Waals surface area contributed by atoms with Crippen molar-refractivity contribution in [2.24, 2.45) is 0 Å². The Balaban J connectivity index is 2.58. The molecule has 18 heavy (non-hydrogen) atoms. The lowest BCUT2D eigenvalue weighted by Gasteiger charge is -2.07. The first-order valence-electron chi connectivity index (χ1n) is 5.16. The minimum absolute atomic E-state index is 0.0248. The van der Waals surface area contributed by atoms with Gasteiger partial charge in [-0.15, -0.1) is 0 Å². The number of nitrogens with one attached hydrogen (secondary N) is 2. The first kappa shape index (κ1) is 14.4. The van der Waals surface area contributed by atoms with E-state index in [1.54, 1.807) is 0 Å². The van der Waals surface area contributed by atoms with Crippen molar-refractivity contribution in [2.45, 2.75) is 0 Å². The van der Waals surface area contributed by atoms with E-state index in [2.05, 4.69) is 10.6 Å². The van der Waals surface area contributed by atoms with Crippen molar-refractivity contribution < 1.29 is 19.1 Å². The highest BCUT2D eigenvalue weighted by molar-refractivity contribution is 6.33. The van der Waals surface area contributed by atoms with Crippen LogP contribution in [0.2, 0.25) is 5.02 Å². The van der Waals surface area contributed by atoms with Crippen LogP contribution in [0.15, 0.2) is 18.2 Å². The molecule has 1 rings (SSSR count). The third-order valence-corrected chi connectivity index (χ3v) is 2.35. The molecule has 2 amide bonds. The predicted molar refractivity (Wildman–Crippen MR) is 63.8 cm³/mol. The summed E-state index contributed by atoms with van der Waals surface area (Å²) in [5.41, 5.74) is -0.297. The summed E-state index contributed by atoms with van der Waals surface area (Å²) in [7, 11) is 0. The summed E-state index contributed by atoms with van der Waals surface area (Å²) in [5, 5.41) is 13.0. The molecule has 0 heterocycles. The van der Waals surface area contributed by atoms with Gasteiger partial charge in [-0.05, 0) is 12.1 Å². The molecule has 0 radical (unpaired) electrons. The Labute approximate surface area is 108 Å². The summed E-state index contributed by atoms with van der Waals surface area (Å²) >= 11 is 5.69. The largest absolute Gasteiger partial charge is 0.395 e. The molecule has 98 valence electrons. The van der Waals surface area contributed by atoms with Crippen molar-refractivity contribution in [1.82, 2.24) is 10.6 Å². The van der Waals surface area contributed by atoms with E-state index in [-0.39, 0.29) is 30.3 Å².